The SMILES string of the molecule is COc1cc(N)c(C=C(C)C(=O)O)cc1OC. The molecule has 0 aromatic heterocycles. The van der Waals surface area contributed by atoms with Crippen molar-refractivity contribution in [1.29, 1.82) is 0 Å². The number of benzene rings is 1. The fourth-order valence-corrected chi connectivity index (χ4v) is 1.33. The number of methoxy groups -OCH3 is 2. The lowest BCUT2D eigenvalue weighted by Gasteiger charge is -2.10. The van der Waals surface area contributed by atoms with E-state index < -0.39 is 5.97 Å². The Hall–Kier alpha value is -2.17. The number of ether oxygens (including phenoxy) is 2. The van der Waals surface area contributed by atoms with Gasteiger partial charge in [0.2, 0.25) is 0 Å². The second-order valence-electron chi connectivity index (χ2n) is 3.47. The van der Waals surface area contributed by atoms with Gasteiger partial charge in [-0.05, 0) is 19.1 Å². The largest absolute Gasteiger partial charge is 0.493 e. The number of nitrogens with two attached hydrogens (primary N) is 1. The molecule has 0 unspecified atom stereocenters. The Bertz CT molecular complexity index is 466. The Balaban J connectivity index is 3.26. The van der Waals surface area contributed by atoms with Gasteiger partial charge in [0.1, 0.15) is 0 Å². The normalized spacial score (nSPS) is 11.1. The van der Waals surface area contributed by atoms with E-state index in [1.54, 1.807) is 12.1 Å². The molecule has 17 heavy (non-hydrogen) atoms. The van der Waals surface area contributed by atoms with Crippen molar-refractivity contribution in [3.63, 3.8) is 0 Å². The summed E-state index contributed by atoms with van der Waals surface area (Å²) < 4.78 is 10.2. The molecule has 0 radical (unpaired) electrons. The van der Waals surface area contributed by atoms with Gasteiger partial charge in [0.15, 0.2) is 11.5 Å². The van der Waals surface area contributed by atoms with Crippen molar-refractivity contribution < 1.29 is 19.4 Å². The highest BCUT2D eigenvalue weighted by molar-refractivity contribution is 5.92. The average molecular weight is 237 g/mol. The molecule has 1 rings (SSSR count). The highest BCUT2D eigenvalue weighted by atomic mass is 16.5. The van der Waals surface area contributed by atoms with Crippen molar-refractivity contribution >= 4 is 17.7 Å². The van der Waals surface area contributed by atoms with Crippen molar-refractivity contribution in [2.24, 2.45) is 0 Å². The van der Waals surface area contributed by atoms with Gasteiger partial charge in [0.05, 0.1) is 14.2 Å². The zero-order valence-corrected chi connectivity index (χ0v) is 9.98. The zero-order chi connectivity index (χ0) is 13.0. The molecule has 5 heteroatoms. The molecule has 92 valence electrons. The fraction of sp³-hybridized carbons (Fsp3) is 0.250. The molecule has 0 saturated heterocycles. The standard InChI is InChI=1S/C12H15NO4/c1-7(12(14)15)4-8-5-10(16-2)11(17-3)6-9(8)13/h4-6H,13H2,1-3H3,(H,14,15). The topological polar surface area (TPSA) is 81.8 Å². The number of carbonyl (C=O) groups is 1. The first-order valence-electron chi connectivity index (χ1n) is 4.92. The summed E-state index contributed by atoms with van der Waals surface area (Å²) in [6, 6.07) is 3.24. The summed E-state index contributed by atoms with van der Waals surface area (Å²) in [5.74, 6) is 0.0282. The van der Waals surface area contributed by atoms with Gasteiger partial charge >= 0.3 is 5.97 Å². The number of aliphatic carboxylic acids is 1. The summed E-state index contributed by atoms with van der Waals surface area (Å²) in [6.07, 6.45) is 1.49. The predicted molar refractivity (Wildman–Crippen MR) is 65.2 cm³/mol. The minimum absolute atomic E-state index is 0.198. The van der Waals surface area contributed by atoms with E-state index in [0.29, 0.717) is 22.7 Å². The number of nitrogen functional groups attached to an aromatic ring is 1. The first-order chi connectivity index (χ1) is 7.99. The predicted octanol–water partition coefficient (Wildman–Crippen LogP) is 1.77. The van der Waals surface area contributed by atoms with Gasteiger partial charge in [-0.2, -0.15) is 0 Å². The number of rotatable bonds is 4. The second-order valence-corrected chi connectivity index (χ2v) is 3.47. The summed E-state index contributed by atoms with van der Waals surface area (Å²) in [6.45, 7) is 1.50. The molecular weight excluding hydrogens is 222 g/mol. The monoisotopic (exact) mass is 237 g/mol. The summed E-state index contributed by atoms with van der Waals surface area (Å²) in [5, 5.41) is 8.80. The minimum Gasteiger partial charge on any atom is -0.493 e. The van der Waals surface area contributed by atoms with Crippen LogP contribution < -0.4 is 15.2 Å². The van der Waals surface area contributed by atoms with E-state index in [0.717, 1.165) is 0 Å². The first-order valence-corrected chi connectivity index (χ1v) is 4.92. The van der Waals surface area contributed by atoms with E-state index >= 15 is 0 Å². The molecule has 0 aliphatic carbocycles. The average Bonchev–Trinajstić information content (AvgIpc) is 2.30. The molecule has 5 nitrogen and oxygen atoms in total. The minimum atomic E-state index is -0.987. The molecule has 0 aliphatic heterocycles. The fourth-order valence-electron chi connectivity index (χ4n) is 1.33. The lowest BCUT2D eigenvalue weighted by atomic mass is 10.1. The van der Waals surface area contributed by atoms with Crippen molar-refractivity contribution in [2.45, 2.75) is 6.92 Å². The molecule has 0 bridgehead atoms. The van der Waals surface area contributed by atoms with Crippen LogP contribution in [0.1, 0.15) is 12.5 Å². The van der Waals surface area contributed by atoms with Crippen LogP contribution in [0.15, 0.2) is 17.7 Å². The quantitative estimate of drug-likeness (QED) is 0.616. The third kappa shape index (κ3) is 2.90. The molecule has 1 aromatic rings. The molecule has 0 fully saturated rings. The third-order valence-electron chi connectivity index (χ3n) is 2.30. The van der Waals surface area contributed by atoms with Crippen LogP contribution in [0.2, 0.25) is 0 Å². The molecule has 0 saturated carbocycles. The van der Waals surface area contributed by atoms with Gasteiger partial charge in [-0.25, -0.2) is 4.79 Å². The summed E-state index contributed by atoms with van der Waals surface area (Å²) in [7, 11) is 3.01. The Labute approximate surface area is 99.5 Å². The Morgan fingerprint density at radius 1 is 1.29 bits per heavy atom. The molecule has 1 aromatic carbocycles. The lowest BCUT2D eigenvalue weighted by molar-refractivity contribution is -0.132. The van der Waals surface area contributed by atoms with Crippen LogP contribution in [0.5, 0.6) is 11.5 Å². The summed E-state index contributed by atoms with van der Waals surface area (Å²) in [4.78, 5) is 10.7. The third-order valence-corrected chi connectivity index (χ3v) is 2.30. The Morgan fingerprint density at radius 3 is 2.29 bits per heavy atom. The molecule has 0 heterocycles. The van der Waals surface area contributed by atoms with Crippen molar-refractivity contribution in [3.8, 4) is 11.5 Å². The molecule has 0 spiro atoms. The van der Waals surface area contributed by atoms with E-state index in [1.165, 1.54) is 27.2 Å². The van der Waals surface area contributed by atoms with Crippen LogP contribution in [0.3, 0.4) is 0 Å². The van der Waals surface area contributed by atoms with E-state index in [2.05, 4.69) is 0 Å². The zero-order valence-electron chi connectivity index (χ0n) is 9.98. The first kappa shape index (κ1) is 12.9. The van der Waals surface area contributed by atoms with Gasteiger partial charge in [-0.15, -0.1) is 0 Å². The smallest absolute Gasteiger partial charge is 0.331 e. The maximum absolute atomic E-state index is 10.7. The van der Waals surface area contributed by atoms with Crippen LogP contribution >= 0.6 is 0 Å². The molecule has 3 N–H and O–H groups in total. The highest BCUT2D eigenvalue weighted by Crippen LogP contribution is 2.32. The van der Waals surface area contributed by atoms with Crippen LogP contribution in [0.25, 0.3) is 6.08 Å². The highest BCUT2D eigenvalue weighted by Gasteiger charge is 2.09. The Morgan fingerprint density at radius 2 is 1.82 bits per heavy atom. The summed E-state index contributed by atoms with van der Waals surface area (Å²) in [5.41, 5.74) is 7.01. The van der Waals surface area contributed by atoms with Crippen molar-refractivity contribution in [3.05, 3.63) is 23.3 Å². The second kappa shape index (κ2) is 5.25. The molecular formula is C12H15NO4. The summed E-state index contributed by atoms with van der Waals surface area (Å²) >= 11 is 0. The Kier molecular flexibility index (Phi) is 3.98. The van der Waals surface area contributed by atoms with E-state index in [-0.39, 0.29) is 5.57 Å². The lowest BCUT2D eigenvalue weighted by Crippen LogP contribution is -1.99. The van der Waals surface area contributed by atoms with Gasteiger partial charge in [0, 0.05) is 22.9 Å². The maximum atomic E-state index is 10.7. The number of carboxylic acids is 1. The van der Waals surface area contributed by atoms with Crippen molar-refractivity contribution in [1.82, 2.24) is 0 Å². The van der Waals surface area contributed by atoms with Gasteiger partial charge in [-0.1, -0.05) is 0 Å². The molecule has 0 amide bonds. The van der Waals surface area contributed by atoms with Gasteiger partial charge in [-0.3, -0.25) is 0 Å². The van der Waals surface area contributed by atoms with E-state index in [9.17, 15) is 4.79 Å². The van der Waals surface area contributed by atoms with E-state index in [1.807, 2.05) is 0 Å². The number of carboxylic acid groups (broad SMARTS) is 1. The number of hydrogen-bond donors (Lipinski definition) is 2. The van der Waals surface area contributed by atoms with Crippen molar-refractivity contribution in [2.75, 3.05) is 20.0 Å². The van der Waals surface area contributed by atoms with E-state index in [4.69, 9.17) is 20.3 Å². The van der Waals surface area contributed by atoms with Crippen LogP contribution in [0.4, 0.5) is 5.69 Å². The van der Waals surface area contributed by atoms with Crippen LogP contribution in [-0.2, 0) is 4.79 Å². The van der Waals surface area contributed by atoms with Gasteiger partial charge in [0.25, 0.3) is 0 Å². The number of hydrogen-bond acceptors (Lipinski definition) is 4. The van der Waals surface area contributed by atoms with Crippen LogP contribution in [-0.4, -0.2) is 25.3 Å². The van der Waals surface area contributed by atoms with Gasteiger partial charge < -0.3 is 20.3 Å². The molecule has 0 aliphatic rings. The maximum Gasteiger partial charge on any atom is 0.331 e. The number of anilines is 1. The van der Waals surface area contributed by atoms with Crippen LogP contribution in [0, 0.1) is 0 Å². The molecule has 0 atom stereocenters.